The Bertz CT molecular complexity index is 293. The molecule has 0 amide bonds. The summed E-state index contributed by atoms with van der Waals surface area (Å²) in [7, 11) is 0. The minimum absolute atomic E-state index is 0.710. The maximum Gasteiger partial charge on any atom is 0.0939 e. The molecule has 0 radical (unpaired) electrons. The van der Waals surface area contributed by atoms with E-state index in [4.69, 9.17) is 5.73 Å². The molecule has 1 saturated heterocycles. The van der Waals surface area contributed by atoms with Crippen molar-refractivity contribution in [1.82, 2.24) is 4.98 Å². The highest BCUT2D eigenvalue weighted by Crippen LogP contribution is 2.28. The van der Waals surface area contributed by atoms with E-state index >= 15 is 0 Å². The van der Waals surface area contributed by atoms with Gasteiger partial charge in [0, 0.05) is 23.5 Å². The molecule has 84 valence electrons. The molecule has 1 atom stereocenters. The molecule has 0 bridgehead atoms. The van der Waals surface area contributed by atoms with Crippen LogP contribution in [0.4, 0.5) is 0 Å². The molecule has 0 saturated carbocycles. The lowest BCUT2D eigenvalue weighted by atomic mass is 10.1. The third kappa shape index (κ3) is 3.47. The number of nitrogens with two attached hydrogens (primary N) is 1. The van der Waals surface area contributed by atoms with E-state index in [0.717, 1.165) is 11.7 Å². The van der Waals surface area contributed by atoms with E-state index in [9.17, 15) is 0 Å². The molecule has 15 heavy (non-hydrogen) atoms. The molecule has 2 N–H and O–H groups in total. The summed E-state index contributed by atoms with van der Waals surface area (Å²) < 4.78 is 0. The van der Waals surface area contributed by atoms with Crippen molar-refractivity contribution in [3.63, 3.8) is 0 Å². The smallest absolute Gasteiger partial charge is 0.0939 e. The quantitative estimate of drug-likeness (QED) is 0.881. The molecule has 1 fully saturated rings. The number of thiazole rings is 1. The molecule has 4 heteroatoms. The summed E-state index contributed by atoms with van der Waals surface area (Å²) in [4.78, 5) is 4.62. The van der Waals surface area contributed by atoms with Gasteiger partial charge in [-0.15, -0.1) is 11.3 Å². The van der Waals surface area contributed by atoms with Crippen LogP contribution in [-0.2, 0) is 12.8 Å². The molecular weight excluding hydrogens is 224 g/mol. The molecule has 1 aliphatic rings. The van der Waals surface area contributed by atoms with Crippen LogP contribution in [0.2, 0.25) is 0 Å². The lowest BCUT2D eigenvalue weighted by Crippen LogP contribution is -2.12. The summed E-state index contributed by atoms with van der Waals surface area (Å²) in [6, 6.07) is 0. The second-order valence-electron chi connectivity index (χ2n) is 3.96. The van der Waals surface area contributed by atoms with Crippen LogP contribution in [0.25, 0.3) is 0 Å². The van der Waals surface area contributed by atoms with Gasteiger partial charge in [-0.3, -0.25) is 0 Å². The second-order valence-corrected chi connectivity index (χ2v) is 6.31. The molecule has 0 spiro atoms. The number of thioether (sulfide) groups is 1. The minimum Gasteiger partial charge on any atom is -0.330 e. The Morgan fingerprint density at radius 1 is 1.47 bits per heavy atom. The number of rotatable bonds is 4. The molecule has 0 aliphatic carbocycles. The Kier molecular flexibility index (Phi) is 4.47. The maximum atomic E-state index is 5.51. The summed E-state index contributed by atoms with van der Waals surface area (Å²) in [6.07, 6.45) is 6.26. The average Bonchev–Trinajstić information content (AvgIpc) is 2.68. The normalized spacial score (nSPS) is 21.8. The van der Waals surface area contributed by atoms with Crippen LogP contribution in [-0.4, -0.2) is 22.5 Å². The number of hydrogen-bond acceptors (Lipinski definition) is 4. The summed E-state index contributed by atoms with van der Waals surface area (Å²) in [5, 5.41) is 4.28. The Morgan fingerprint density at radius 2 is 2.40 bits per heavy atom. The summed E-state index contributed by atoms with van der Waals surface area (Å²) in [5.41, 5.74) is 6.69. The minimum atomic E-state index is 0.710. The van der Waals surface area contributed by atoms with Crippen LogP contribution >= 0.6 is 23.1 Å². The zero-order valence-electron chi connectivity index (χ0n) is 8.95. The highest BCUT2D eigenvalue weighted by molar-refractivity contribution is 7.99. The topological polar surface area (TPSA) is 38.9 Å². The SMILES string of the molecule is NCCc1csc(CC2CCCCS2)n1. The van der Waals surface area contributed by atoms with Gasteiger partial charge in [-0.2, -0.15) is 11.8 Å². The van der Waals surface area contributed by atoms with Crippen LogP contribution in [0.1, 0.15) is 30.0 Å². The summed E-state index contributed by atoms with van der Waals surface area (Å²) in [5.74, 6) is 1.34. The van der Waals surface area contributed by atoms with Crippen molar-refractivity contribution in [2.24, 2.45) is 5.73 Å². The second kappa shape index (κ2) is 5.87. The lowest BCUT2D eigenvalue weighted by Gasteiger charge is -2.19. The molecule has 1 aromatic heterocycles. The van der Waals surface area contributed by atoms with Gasteiger partial charge in [-0.05, 0) is 25.1 Å². The summed E-state index contributed by atoms with van der Waals surface area (Å²) in [6.45, 7) is 0.710. The largest absolute Gasteiger partial charge is 0.330 e. The predicted octanol–water partition coefficient (Wildman–Crippen LogP) is 2.47. The molecular formula is C11H18N2S2. The van der Waals surface area contributed by atoms with Crippen molar-refractivity contribution in [2.45, 2.75) is 37.4 Å². The number of nitrogens with zero attached hydrogens (tertiary/aromatic N) is 1. The zero-order valence-corrected chi connectivity index (χ0v) is 10.6. The first kappa shape index (κ1) is 11.4. The van der Waals surface area contributed by atoms with Gasteiger partial charge in [0.25, 0.3) is 0 Å². The van der Waals surface area contributed by atoms with Gasteiger partial charge in [-0.25, -0.2) is 4.98 Å². The van der Waals surface area contributed by atoms with Gasteiger partial charge < -0.3 is 5.73 Å². The zero-order chi connectivity index (χ0) is 10.5. The van der Waals surface area contributed by atoms with E-state index in [0.29, 0.717) is 6.54 Å². The first-order valence-corrected chi connectivity index (χ1v) is 7.56. The Balaban J connectivity index is 1.86. The van der Waals surface area contributed by atoms with Crippen LogP contribution in [0, 0.1) is 0 Å². The lowest BCUT2D eigenvalue weighted by molar-refractivity contribution is 0.658. The molecule has 2 rings (SSSR count). The van der Waals surface area contributed by atoms with Crippen molar-refractivity contribution in [3.8, 4) is 0 Å². The van der Waals surface area contributed by atoms with Gasteiger partial charge in [0.05, 0.1) is 10.7 Å². The van der Waals surface area contributed by atoms with E-state index < -0.39 is 0 Å². The maximum absolute atomic E-state index is 5.51. The van der Waals surface area contributed by atoms with E-state index in [-0.39, 0.29) is 0 Å². The van der Waals surface area contributed by atoms with Crippen LogP contribution < -0.4 is 5.73 Å². The van der Waals surface area contributed by atoms with Crippen molar-refractivity contribution >= 4 is 23.1 Å². The van der Waals surface area contributed by atoms with Crippen molar-refractivity contribution in [1.29, 1.82) is 0 Å². The number of hydrogen-bond donors (Lipinski definition) is 1. The van der Waals surface area contributed by atoms with Gasteiger partial charge in [0.1, 0.15) is 0 Å². The van der Waals surface area contributed by atoms with E-state index in [1.54, 1.807) is 11.3 Å². The van der Waals surface area contributed by atoms with Gasteiger partial charge >= 0.3 is 0 Å². The van der Waals surface area contributed by atoms with E-state index in [1.165, 1.54) is 42.1 Å². The fourth-order valence-corrected chi connectivity index (χ4v) is 4.20. The predicted molar refractivity (Wildman–Crippen MR) is 68.7 cm³/mol. The molecule has 2 nitrogen and oxygen atoms in total. The molecule has 1 unspecified atom stereocenters. The molecule has 0 aromatic carbocycles. The molecule has 1 aromatic rings. The summed E-state index contributed by atoms with van der Waals surface area (Å²) >= 11 is 3.93. The average molecular weight is 242 g/mol. The highest BCUT2D eigenvalue weighted by atomic mass is 32.2. The third-order valence-electron chi connectivity index (χ3n) is 2.68. The van der Waals surface area contributed by atoms with E-state index in [1.807, 2.05) is 0 Å². The van der Waals surface area contributed by atoms with E-state index in [2.05, 4.69) is 22.1 Å². The monoisotopic (exact) mass is 242 g/mol. The number of aromatic nitrogens is 1. The van der Waals surface area contributed by atoms with Crippen molar-refractivity contribution in [3.05, 3.63) is 16.1 Å². The molecule has 2 heterocycles. The van der Waals surface area contributed by atoms with Crippen molar-refractivity contribution in [2.75, 3.05) is 12.3 Å². The fraction of sp³-hybridized carbons (Fsp3) is 0.727. The highest BCUT2D eigenvalue weighted by Gasteiger charge is 2.15. The van der Waals surface area contributed by atoms with Crippen LogP contribution in [0.5, 0.6) is 0 Å². The standard InChI is InChI=1S/C11H18N2S2/c12-5-4-9-8-15-11(13-9)7-10-3-1-2-6-14-10/h8,10H,1-7,12H2. The van der Waals surface area contributed by atoms with Gasteiger partial charge in [-0.1, -0.05) is 6.42 Å². The van der Waals surface area contributed by atoms with Crippen LogP contribution in [0.15, 0.2) is 5.38 Å². The van der Waals surface area contributed by atoms with Gasteiger partial charge in [0.2, 0.25) is 0 Å². The Labute approximate surface area is 99.7 Å². The van der Waals surface area contributed by atoms with Crippen LogP contribution in [0.3, 0.4) is 0 Å². The molecule has 1 aliphatic heterocycles. The Morgan fingerprint density at radius 3 is 3.13 bits per heavy atom. The fourth-order valence-electron chi connectivity index (χ4n) is 1.87. The van der Waals surface area contributed by atoms with Crippen molar-refractivity contribution < 1.29 is 0 Å². The van der Waals surface area contributed by atoms with Gasteiger partial charge in [0.15, 0.2) is 0 Å². The first-order chi connectivity index (χ1) is 7.38. The third-order valence-corrected chi connectivity index (χ3v) is 4.99. The first-order valence-electron chi connectivity index (χ1n) is 5.63. The Hall–Kier alpha value is -0.0600.